The molecule has 2 aromatic carbocycles. The summed E-state index contributed by atoms with van der Waals surface area (Å²) in [7, 11) is 0. The largest absolute Gasteiger partial charge is 0.325 e. The number of likely N-dealkylation sites (tertiary alicyclic amines) is 1. The van der Waals surface area contributed by atoms with Crippen molar-refractivity contribution in [1.82, 2.24) is 4.90 Å². The van der Waals surface area contributed by atoms with E-state index in [0.717, 1.165) is 24.0 Å². The molecular weight excluding hydrogens is 418 g/mol. The summed E-state index contributed by atoms with van der Waals surface area (Å²) in [5.41, 5.74) is 1.62. The topological polar surface area (TPSA) is 54.5 Å². The molecule has 1 fully saturated rings. The van der Waals surface area contributed by atoms with E-state index in [1.165, 1.54) is 11.8 Å². The highest BCUT2D eigenvalue weighted by Crippen LogP contribution is 2.32. The van der Waals surface area contributed by atoms with Crippen molar-refractivity contribution in [2.45, 2.75) is 58.4 Å². The standard InChI is InChI=1S/C27H33NO3S/c1-4-27(2,3)24(29)25(30)28-18-12-11-17-23(28)26(31)32-19-22(20-13-7-5-8-14-20)21-15-9-6-10-16-21/h5-10,13-16,22-23H,4,11-12,17-19H2,1-3H3. The molecule has 1 saturated heterocycles. The molecule has 1 unspecified atom stereocenters. The van der Waals surface area contributed by atoms with E-state index in [4.69, 9.17) is 0 Å². The van der Waals surface area contributed by atoms with Gasteiger partial charge in [0.2, 0.25) is 10.9 Å². The third-order valence-corrected chi connectivity index (χ3v) is 7.58. The first-order valence-corrected chi connectivity index (χ1v) is 12.5. The Bertz CT molecular complexity index is 887. The first kappa shape index (κ1) is 24.2. The molecule has 1 aliphatic rings. The summed E-state index contributed by atoms with van der Waals surface area (Å²) >= 11 is 1.28. The second-order valence-corrected chi connectivity index (χ2v) is 10.1. The van der Waals surface area contributed by atoms with E-state index in [1.807, 2.05) is 43.3 Å². The monoisotopic (exact) mass is 451 g/mol. The Morgan fingerprint density at radius 1 is 0.969 bits per heavy atom. The summed E-state index contributed by atoms with van der Waals surface area (Å²) < 4.78 is 0. The lowest BCUT2D eigenvalue weighted by atomic mass is 9.84. The fourth-order valence-corrected chi connectivity index (χ4v) is 5.17. The van der Waals surface area contributed by atoms with Crippen molar-refractivity contribution >= 4 is 28.6 Å². The molecule has 0 aliphatic carbocycles. The van der Waals surface area contributed by atoms with Crippen LogP contribution in [0.1, 0.15) is 63.5 Å². The van der Waals surface area contributed by atoms with Gasteiger partial charge in [-0.1, -0.05) is 93.2 Å². The molecule has 32 heavy (non-hydrogen) atoms. The summed E-state index contributed by atoms with van der Waals surface area (Å²) in [5, 5.41) is -0.0167. The van der Waals surface area contributed by atoms with Crippen molar-refractivity contribution in [1.29, 1.82) is 0 Å². The van der Waals surface area contributed by atoms with Crippen LogP contribution >= 0.6 is 11.8 Å². The number of amides is 1. The average Bonchev–Trinajstić information content (AvgIpc) is 2.84. The van der Waals surface area contributed by atoms with Crippen LogP contribution in [-0.4, -0.2) is 40.0 Å². The maximum absolute atomic E-state index is 13.3. The van der Waals surface area contributed by atoms with Crippen molar-refractivity contribution in [3.63, 3.8) is 0 Å². The fraction of sp³-hybridized carbons (Fsp3) is 0.444. The summed E-state index contributed by atoms with van der Waals surface area (Å²) in [4.78, 5) is 40.6. The Hall–Kier alpha value is -2.40. The number of hydrogen-bond acceptors (Lipinski definition) is 4. The van der Waals surface area contributed by atoms with Gasteiger partial charge in [0.25, 0.3) is 5.91 Å². The van der Waals surface area contributed by atoms with Gasteiger partial charge in [-0.15, -0.1) is 0 Å². The lowest BCUT2D eigenvalue weighted by Crippen LogP contribution is -2.52. The minimum absolute atomic E-state index is 0.0167. The molecule has 5 heteroatoms. The van der Waals surface area contributed by atoms with Gasteiger partial charge in [0, 0.05) is 23.6 Å². The molecule has 1 aliphatic heterocycles. The van der Waals surface area contributed by atoms with Gasteiger partial charge in [-0.3, -0.25) is 14.4 Å². The Labute approximate surface area is 195 Å². The van der Waals surface area contributed by atoms with Gasteiger partial charge >= 0.3 is 0 Å². The molecule has 1 heterocycles. The number of rotatable bonds is 8. The molecule has 2 aromatic rings. The number of piperidine rings is 1. The molecule has 4 nitrogen and oxygen atoms in total. The van der Waals surface area contributed by atoms with Crippen LogP contribution in [0.2, 0.25) is 0 Å². The average molecular weight is 452 g/mol. The van der Waals surface area contributed by atoms with Crippen molar-refractivity contribution in [3.8, 4) is 0 Å². The van der Waals surface area contributed by atoms with Gasteiger partial charge in [0.1, 0.15) is 6.04 Å². The van der Waals surface area contributed by atoms with Crippen molar-refractivity contribution < 1.29 is 14.4 Å². The Balaban J connectivity index is 1.75. The minimum atomic E-state index is -0.707. The number of Topliss-reactive ketones (excluding diaryl/α,β-unsaturated/α-hetero) is 1. The van der Waals surface area contributed by atoms with E-state index in [9.17, 15) is 14.4 Å². The third-order valence-electron chi connectivity index (χ3n) is 6.52. The quantitative estimate of drug-likeness (QED) is 0.500. The van der Waals surface area contributed by atoms with Crippen LogP contribution in [0.15, 0.2) is 60.7 Å². The van der Waals surface area contributed by atoms with Gasteiger partial charge < -0.3 is 4.90 Å². The zero-order valence-electron chi connectivity index (χ0n) is 19.3. The first-order valence-electron chi connectivity index (χ1n) is 11.5. The van der Waals surface area contributed by atoms with Crippen LogP contribution in [0.5, 0.6) is 0 Å². The van der Waals surface area contributed by atoms with E-state index in [2.05, 4.69) is 24.3 Å². The molecule has 170 valence electrons. The van der Waals surface area contributed by atoms with Crippen LogP contribution < -0.4 is 0 Å². The SMILES string of the molecule is CCC(C)(C)C(=O)C(=O)N1CCCCC1C(=O)SCC(c1ccccc1)c1ccccc1. The molecule has 0 spiro atoms. The number of carbonyl (C=O) groups is 3. The second kappa shape index (κ2) is 11.0. The zero-order valence-corrected chi connectivity index (χ0v) is 20.1. The highest BCUT2D eigenvalue weighted by molar-refractivity contribution is 8.13. The van der Waals surface area contributed by atoms with E-state index in [0.29, 0.717) is 25.1 Å². The van der Waals surface area contributed by atoms with Crippen LogP contribution in [-0.2, 0) is 14.4 Å². The number of nitrogens with zero attached hydrogens (tertiary/aromatic N) is 1. The second-order valence-electron chi connectivity index (χ2n) is 9.08. The predicted octanol–water partition coefficient (Wildman–Crippen LogP) is 5.46. The molecule has 3 rings (SSSR count). The third kappa shape index (κ3) is 5.69. The number of carbonyl (C=O) groups excluding carboxylic acids is 3. The fourth-order valence-electron chi connectivity index (χ4n) is 4.02. The first-order chi connectivity index (χ1) is 15.3. The normalized spacial score (nSPS) is 16.8. The highest BCUT2D eigenvalue weighted by atomic mass is 32.2. The maximum Gasteiger partial charge on any atom is 0.291 e. The van der Waals surface area contributed by atoms with Gasteiger partial charge in [-0.05, 0) is 36.8 Å². The molecular formula is C27H33NO3S. The molecule has 0 bridgehead atoms. The van der Waals surface area contributed by atoms with E-state index >= 15 is 0 Å². The van der Waals surface area contributed by atoms with Crippen molar-refractivity contribution in [2.75, 3.05) is 12.3 Å². The van der Waals surface area contributed by atoms with Crippen LogP contribution in [0.25, 0.3) is 0 Å². The van der Waals surface area contributed by atoms with E-state index in [1.54, 1.807) is 18.7 Å². The highest BCUT2D eigenvalue weighted by Gasteiger charge is 2.40. The Morgan fingerprint density at radius 3 is 2.06 bits per heavy atom. The van der Waals surface area contributed by atoms with Gasteiger partial charge in [-0.2, -0.15) is 0 Å². The number of ketones is 1. The number of hydrogen-bond donors (Lipinski definition) is 0. The predicted molar refractivity (Wildman–Crippen MR) is 131 cm³/mol. The number of benzene rings is 2. The molecule has 0 aromatic heterocycles. The van der Waals surface area contributed by atoms with Crippen molar-refractivity contribution in [2.24, 2.45) is 5.41 Å². The van der Waals surface area contributed by atoms with E-state index < -0.39 is 23.1 Å². The molecule has 0 saturated carbocycles. The summed E-state index contributed by atoms with van der Waals surface area (Å²) in [5.74, 6) is -0.214. The lowest BCUT2D eigenvalue weighted by molar-refractivity contribution is -0.152. The number of thioether (sulfide) groups is 1. The smallest absolute Gasteiger partial charge is 0.291 e. The van der Waals surface area contributed by atoms with Gasteiger partial charge in [0.15, 0.2) is 0 Å². The Morgan fingerprint density at radius 2 is 1.53 bits per heavy atom. The van der Waals surface area contributed by atoms with Crippen LogP contribution in [0.4, 0.5) is 0 Å². The van der Waals surface area contributed by atoms with Crippen molar-refractivity contribution in [3.05, 3.63) is 71.8 Å². The van der Waals surface area contributed by atoms with E-state index in [-0.39, 0.29) is 11.0 Å². The molecule has 1 amide bonds. The van der Waals surface area contributed by atoms with Gasteiger partial charge in [-0.25, -0.2) is 0 Å². The van der Waals surface area contributed by atoms with Crippen LogP contribution in [0.3, 0.4) is 0 Å². The van der Waals surface area contributed by atoms with Crippen LogP contribution in [0, 0.1) is 5.41 Å². The molecule has 0 radical (unpaired) electrons. The lowest BCUT2D eigenvalue weighted by Gasteiger charge is -2.36. The summed E-state index contributed by atoms with van der Waals surface area (Å²) in [6, 6.07) is 19.9. The Kier molecular flexibility index (Phi) is 8.30. The minimum Gasteiger partial charge on any atom is -0.325 e. The summed E-state index contributed by atoms with van der Waals surface area (Å²) in [6.45, 7) is 5.98. The zero-order chi connectivity index (χ0) is 23.1. The molecule has 0 N–H and O–H groups in total. The maximum atomic E-state index is 13.3. The van der Waals surface area contributed by atoms with Gasteiger partial charge in [0.05, 0.1) is 0 Å². The molecule has 1 atom stereocenters. The summed E-state index contributed by atoms with van der Waals surface area (Å²) in [6.07, 6.45) is 2.94.